The monoisotopic (exact) mass is 1880 g/mol. The van der Waals surface area contributed by atoms with E-state index in [1.54, 1.807) is 92.1 Å². The van der Waals surface area contributed by atoms with Gasteiger partial charge in [0.05, 0.1) is 112 Å². The lowest BCUT2D eigenvalue weighted by Crippen LogP contribution is -2.54. The third kappa shape index (κ3) is 34.5. The predicted molar refractivity (Wildman–Crippen MR) is 516 cm³/mol. The molecule has 0 heterocycles. The molecule has 0 aliphatic rings. The zero-order valence-corrected chi connectivity index (χ0v) is 81.3. The Morgan fingerprint density at radius 1 is 0.296 bits per heavy atom. The molecule has 9 unspecified atom stereocenters. The van der Waals surface area contributed by atoms with Crippen LogP contribution in [0.15, 0.2) is 212 Å². The lowest BCUT2D eigenvalue weighted by Gasteiger charge is -2.37. The van der Waals surface area contributed by atoms with Crippen LogP contribution in [0.25, 0.3) is 0 Å². The highest BCUT2D eigenvalue weighted by atomic mass is 32.2. The summed E-state index contributed by atoms with van der Waals surface area (Å²) in [6, 6.07) is 59.7. The molecule has 12 amide bonds. The van der Waals surface area contributed by atoms with Gasteiger partial charge in [0.2, 0.25) is 70.9 Å². The summed E-state index contributed by atoms with van der Waals surface area (Å²) < 4.78 is 10.5. The number of Topliss-reactive ketones (excluding diaryl/α,β-unsaturated/α-hetero) is 1. The molecule has 32 nitrogen and oxygen atoms in total. The van der Waals surface area contributed by atoms with Gasteiger partial charge in [-0.15, -0.1) is 0 Å². The maximum atomic E-state index is 15.0. The van der Waals surface area contributed by atoms with Gasteiger partial charge in [0.25, 0.3) is 0 Å². The second-order valence-electron chi connectivity index (χ2n) is 33.4. The highest BCUT2D eigenvalue weighted by molar-refractivity contribution is 7.99. The summed E-state index contributed by atoms with van der Waals surface area (Å²) in [5.74, 6) is -9.23. The number of carboxylic acid groups (broad SMARTS) is 2. The van der Waals surface area contributed by atoms with Crippen molar-refractivity contribution in [2.45, 2.75) is 150 Å². The Morgan fingerprint density at radius 3 is 0.756 bits per heavy atom. The highest BCUT2D eigenvalue weighted by Gasteiger charge is 2.39. The molecular formula is C102H135N13O19S. The highest BCUT2D eigenvalue weighted by Crippen LogP contribution is 2.31. The number of aliphatic carboxylic acids is 2. The number of likely N-dealkylation sites (N-methyl/N-ethyl adjacent to an activating group) is 1. The van der Waals surface area contributed by atoms with Gasteiger partial charge in [0.15, 0.2) is 0 Å². The first-order valence-electron chi connectivity index (χ1n) is 45.3. The number of rotatable bonds is 53. The lowest BCUT2D eigenvalue weighted by atomic mass is 10.0. The molecule has 0 saturated carbocycles. The molecule has 33 heteroatoms. The second kappa shape index (κ2) is 56.9. The fraction of sp³-hybridized carbons (Fsp3) is 0.441. The first-order chi connectivity index (χ1) is 64.4. The molecule has 0 bridgehead atoms. The number of nitrogens with zero attached hydrogens (tertiary/aromatic N) is 12. The third-order valence-corrected chi connectivity index (χ3v) is 24.4. The zero-order valence-electron chi connectivity index (χ0n) is 80.4. The minimum atomic E-state index is -1.28. The van der Waals surface area contributed by atoms with Crippen molar-refractivity contribution in [3.63, 3.8) is 0 Å². The fourth-order valence-electron chi connectivity index (χ4n) is 15.8. The molecule has 7 rings (SSSR count). The molecule has 0 aromatic heterocycles. The number of carbonyl (C=O) groups excluding carboxylic acids is 13. The van der Waals surface area contributed by atoms with Crippen LogP contribution in [0.3, 0.4) is 0 Å². The van der Waals surface area contributed by atoms with Gasteiger partial charge in [-0.2, -0.15) is 11.8 Å². The number of hydrogen-bond donors (Lipinski definition) is 3. The van der Waals surface area contributed by atoms with Gasteiger partial charge in [0, 0.05) is 53.9 Å². The molecule has 0 aliphatic carbocycles. The predicted octanol–water partition coefficient (Wildman–Crippen LogP) is 10.2. The van der Waals surface area contributed by atoms with Crippen LogP contribution in [0.2, 0.25) is 0 Å². The third-order valence-electron chi connectivity index (χ3n) is 23.9. The Kier molecular flexibility index (Phi) is 46.7. The summed E-state index contributed by atoms with van der Waals surface area (Å²) in [6.45, 7) is 15.0. The van der Waals surface area contributed by atoms with Crippen LogP contribution < -0.4 is 5.73 Å². The van der Waals surface area contributed by atoms with Gasteiger partial charge >= 0.3 is 11.9 Å². The Morgan fingerprint density at radius 2 is 0.511 bits per heavy atom. The smallest absolute Gasteiger partial charge is 0.305 e. The summed E-state index contributed by atoms with van der Waals surface area (Å²) in [5.41, 5.74) is 11.6. The standard InChI is InChI=1S/C57H71N7O6S.C45H64N6O13/c1-8-60(42(2)47-24-14-9-15-25-47)54(67)38-63(45(5)50-30-20-12-21-31-50)55(68)39-62(44(4)49-28-18-11-19-29-49)53(66)36-59(35-34-58)52(65)37-61(43(3)48-26-16-10-17-27-48)56(69)40-64(57(70)41-71-7)46(6)51-32-22-13-23-33-51;1-31(29-63-7)48(36(6)53)26-39(54)47(22-20-45(61)62)25-42(57)51(35(5)38-17-13-10-14-18-38)27-40(55)46(21-19-44(59)60)24-41(56)49(32(2)30-64-8)28-43(58)50(23-33(3)52)34(4)37-15-11-9-12-16-37/h9-33,42-46H,8,34-41,58H2,1-7H3;9-18,31-32,34-35H,19-30H2,1-8H3,(H,59,60)(H,61,62). The topological polar surface area (TPSA) is 380 Å². The summed E-state index contributed by atoms with van der Waals surface area (Å²) in [7, 11) is 2.83. The van der Waals surface area contributed by atoms with Gasteiger partial charge in [-0.3, -0.25) is 71.9 Å². The molecule has 7 aromatic carbocycles. The van der Waals surface area contributed by atoms with Crippen LogP contribution in [0.5, 0.6) is 0 Å². The second-order valence-corrected chi connectivity index (χ2v) is 34.2. The number of ketones is 1. The van der Waals surface area contributed by atoms with E-state index in [1.807, 2.05) is 206 Å². The van der Waals surface area contributed by atoms with E-state index in [-0.39, 0.29) is 75.3 Å². The summed E-state index contributed by atoms with van der Waals surface area (Å²) in [4.78, 5) is 222. The van der Waals surface area contributed by atoms with E-state index < -0.39 is 198 Å². The number of carbonyl (C=O) groups is 15. The number of nitrogens with two attached hydrogens (primary N) is 1. The molecule has 0 spiro atoms. The van der Waals surface area contributed by atoms with Crippen LogP contribution in [-0.2, 0) is 81.4 Å². The maximum Gasteiger partial charge on any atom is 0.305 e. The number of ether oxygens (including phenoxy) is 2. The van der Waals surface area contributed by atoms with Crippen LogP contribution in [0.1, 0.15) is 177 Å². The summed E-state index contributed by atoms with van der Waals surface area (Å²) in [5, 5.41) is 19.1. The Bertz CT molecular complexity index is 4980. The molecule has 0 radical (unpaired) electrons. The van der Waals surface area contributed by atoms with Crippen molar-refractivity contribution in [3.05, 3.63) is 251 Å². The number of thioether (sulfide) groups is 1. The van der Waals surface area contributed by atoms with E-state index in [4.69, 9.17) is 15.2 Å². The van der Waals surface area contributed by atoms with E-state index in [0.29, 0.717) is 12.1 Å². The molecule has 9 atom stereocenters. The molecular weight excluding hydrogens is 1740 g/mol. The average Bonchev–Trinajstić information content (AvgIpc) is 0.812. The van der Waals surface area contributed by atoms with Gasteiger partial charge in [-0.25, -0.2) is 0 Å². The number of hydrogen-bond acceptors (Lipinski definition) is 19. The lowest BCUT2D eigenvalue weighted by molar-refractivity contribution is -0.151. The Labute approximate surface area is 797 Å². The first-order valence-corrected chi connectivity index (χ1v) is 46.7. The van der Waals surface area contributed by atoms with Crippen molar-refractivity contribution < 1.29 is 91.6 Å². The number of benzene rings is 7. The molecule has 0 aliphatic heterocycles. The maximum absolute atomic E-state index is 15.0. The van der Waals surface area contributed by atoms with Crippen molar-refractivity contribution in [3.8, 4) is 0 Å². The van der Waals surface area contributed by atoms with E-state index in [0.717, 1.165) is 48.1 Å². The molecule has 135 heavy (non-hydrogen) atoms. The van der Waals surface area contributed by atoms with Crippen LogP contribution in [0, 0.1) is 0 Å². The van der Waals surface area contributed by atoms with E-state index >= 15 is 0 Å². The quantitative estimate of drug-likeness (QED) is 0.0319. The van der Waals surface area contributed by atoms with E-state index in [2.05, 4.69) is 0 Å². The van der Waals surface area contributed by atoms with Crippen molar-refractivity contribution in [2.75, 3.05) is 144 Å². The Hall–Kier alpha value is -13.0. The van der Waals surface area contributed by atoms with Gasteiger partial charge in [0.1, 0.15) is 51.6 Å². The fourth-order valence-corrected chi connectivity index (χ4v) is 16.2. The zero-order chi connectivity index (χ0) is 99.5. The number of carboxylic acids is 2. The van der Waals surface area contributed by atoms with Crippen molar-refractivity contribution in [1.29, 1.82) is 0 Å². The number of methoxy groups -OCH3 is 2. The van der Waals surface area contributed by atoms with E-state index in [1.165, 1.54) is 74.1 Å². The number of amides is 12. The first kappa shape index (κ1) is 111. The SMILES string of the molecule is CCN(C(=O)CN(C(=O)CN(C(=O)CN(CCN)C(=O)CN(C(=O)CN(C(=O)CSC)C(C)c1ccccc1)C(C)c1ccccc1)C(C)c1ccccc1)C(C)c1ccccc1)C(C)c1ccccc1.COCC(C)N(CC(=O)N(CCC(=O)O)CC(=O)N(CC(=O)N(CCC(=O)O)CC(=O)N(CC(=O)N(CC(C)=O)C(C)c1ccccc1)C(C)COC)C(C)c1ccccc1)C(C)=O. The van der Waals surface area contributed by atoms with Crippen molar-refractivity contribution >= 4 is 100 Å². The molecule has 7 aromatic rings. The molecule has 728 valence electrons. The average molecular weight is 1880 g/mol. The van der Waals surface area contributed by atoms with Crippen molar-refractivity contribution in [1.82, 2.24) is 58.8 Å². The van der Waals surface area contributed by atoms with Gasteiger partial charge in [-0.1, -0.05) is 212 Å². The van der Waals surface area contributed by atoms with E-state index in [9.17, 15) is 82.1 Å². The largest absolute Gasteiger partial charge is 0.481 e. The van der Waals surface area contributed by atoms with Crippen LogP contribution in [-0.4, -0.2) is 314 Å². The summed E-state index contributed by atoms with van der Waals surface area (Å²) in [6.07, 6.45) is 0.707. The minimum absolute atomic E-state index is 0.0136. The Balaban J connectivity index is 0.000000417. The van der Waals surface area contributed by atoms with Crippen LogP contribution in [0.4, 0.5) is 0 Å². The van der Waals surface area contributed by atoms with Gasteiger partial charge in [-0.05, 0) is 121 Å². The normalized spacial score (nSPS) is 12.9. The molecule has 0 saturated heterocycles. The summed E-state index contributed by atoms with van der Waals surface area (Å²) >= 11 is 1.36. The molecule has 4 N–H and O–H groups in total. The molecule has 0 fully saturated rings. The van der Waals surface area contributed by atoms with Crippen LogP contribution >= 0.6 is 11.8 Å². The van der Waals surface area contributed by atoms with Gasteiger partial charge < -0.3 is 84.2 Å². The van der Waals surface area contributed by atoms with Crippen molar-refractivity contribution in [2.24, 2.45) is 5.73 Å². The minimum Gasteiger partial charge on any atom is -0.481 e.